The molecule has 114 valence electrons. The van der Waals surface area contributed by atoms with Crippen LogP contribution in [0.2, 0.25) is 0 Å². The van der Waals surface area contributed by atoms with Gasteiger partial charge in [0.1, 0.15) is 0 Å². The van der Waals surface area contributed by atoms with E-state index in [4.69, 9.17) is 9.47 Å². The van der Waals surface area contributed by atoms with Crippen molar-refractivity contribution in [1.29, 1.82) is 0 Å². The molecule has 21 heavy (non-hydrogen) atoms. The van der Waals surface area contributed by atoms with Crippen LogP contribution >= 0.6 is 15.9 Å². The van der Waals surface area contributed by atoms with Crippen LogP contribution in [0.4, 0.5) is 0 Å². The molecule has 5 nitrogen and oxygen atoms in total. The quantitative estimate of drug-likeness (QED) is 0.872. The molecule has 0 aliphatic carbocycles. The molecule has 2 N–H and O–H groups in total. The standard InChI is InChI=1S/C15H18BrNO4/c1-7(2)12-9(11-3-8(5-17-11)15(18)19)4-10(16)13-14(12)21-6-20-13/h4,7-8,11,17H,3,5-6H2,1-2H3,(H,18,19). The molecule has 0 aromatic heterocycles. The Kier molecular flexibility index (Phi) is 3.84. The first-order valence-corrected chi connectivity index (χ1v) is 7.86. The first kappa shape index (κ1) is 14.7. The number of carbonyl (C=O) groups is 1. The van der Waals surface area contributed by atoms with Gasteiger partial charge in [-0.25, -0.2) is 0 Å². The molecule has 2 aliphatic rings. The Bertz CT molecular complexity index is 588. The molecular formula is C15H18BrNO4. The van der Waals surface area contributed by atoms with Crippen molar-refractivity contribution in [3.05, 3.63) is 21.7 Å². The fourth-order valence-corrected chi connectivity index (χ4v) is 3.65. The number of rotatable bonds is 3. The van der Waals surface area contributed by atoms with Gasteiger partial charge in [-0.15, -0.1) is 0 Å². The fraction of sp³-hybridized carbons (Fsp3) is 0.533. The molecule has 6 heteroatoms. The molecule has 3 rings (SSSR count). The van der Waals surface area contributed by atoms with Crippen molar-refractivity contribution in [3.63, 3.8) is 0 Å². The molecule has 1 fully saturated rings. The highest BCUT2D eigenvalue weighted by Gasteiger charge is 2.34. The van der Waals surface area contributed by atoms with Gasteiger partial charge in [-0.05, 0) is 39.9 Å². The number of benzene rings is 1. The number of fused-ring (bicyclic) bond motifs is 1. The molecule has 1 aromatic rings. The average Bonchev–Trinajstić information content (AvgIpc) is 3.07. The van der Waals surface area contributed by atoms with Crippen molar-refractivity contribution in [3.8, 4) is 11.5 Å². The maximum absolute atomic E-state index is 11.2. The number of halogens is 1. The summed E-state index contributed by atoms with van der Waals surface area (Å²) in [5.74, 6) is 0.731. The second-order valence-electron chi connectivity index (χ2n) is 5.81. The van der Waals surface area contributed by atoms with Gasteiger partial charge in [0, 0.05) is 18.2 Å². The minimum Gasteiger partial charge on any atom is -0.481 e. The Balaban J connectivity index is 2.03. The molecule has 2 aliphatic heterocycles. The smallest absolute Gasteiger partial charge is 0.307 e. The zero-order chi connectivity index (χ0) is 15.1. The van der Waals surface area contributed by atoms with Crippen LogP contribution in [-0.4, -0.2) is 24.4 Å². The average molecular weight is 356 g/mol. The van der Waals surface area contributed by atoms with Crippen molar-refractivity contribution in [2.75, 3.05) is 13.3 Å². The van der Waals surface area contributed by atoms with E-state index in [1.54, 1.807) is 0 Å². The van der Waals surface area contributed by atoms with E-state index in [1.807, 2.05) is 6.07 Å². The van der Waals surface area contributed by atoms with Crippen LogP contribution in [0.1, 0.15) is 43.4 Å². The second-order valence-corrected chi connectivity index (χ2v) is 6.67. The Hall–Kier alpha value is -1.27. The lowest BCUT2D eigenvalue weighted by molar-refractivity contribution is -0.141. The summed E-state index contributed by atoms with van der Waals surface area (Å²) >= 11 is 3.52. The van der Waals surface area contributed by atoms with Gasteiger partial charge in [0.2, 0.25) is 6.79 Å². The second kappa shape index (κ2) is 5.50. The maximum atomic E-state index is 11.2. The third-order valence-electron chi connectivity index (χ3n) is 4.10. The van der Waals surface area contributed by atoms with E-state index in [1.165, 1.54) is 0 Å². The minimum atomic E-state index is -0.740. The van der Waals surface area contributed by atoms with Gasteiger partial charge < -0.3 is 19.9 Å². The summed E-state index contributed by atoms with van der Waals surface area (Å²) in [7, 11) is 0. The Labute approximate surface area is 131 Å². The fourth-order valence-electron chi connectivity index (χ4n) is 3.11. The molecule has 2 unspecified atom stereocenters. The maximum Gasteiger partial charge on any atom is 0.307 e. The SMILES string of the molecule is CC(C)c1c(C2CC(C(=O)O)CN2)cc(Br)c2c1OCO2. The summed E-state index contributed by atoms with van der Waals surface area (Å²) in [6.07, 6.45) is 0.598. The molecule has 1 saturated heterocycles. The molecular weight excluding hydrogens is 338 g/mol. The van der Waals surface area contributed by atoms with Crippen LogP contribution in [0.5, 0.6) is 11.5 Å². The number of hydrogen-bond donors (Lipinski definition) is 2. The van der Waals surface area contributed by atoms with E-state index >= 15 is 0 Å². The molecule has 0 saturated carbocycles. The predicted octanol–water partition coefficient (Wildman–Crippen LogP) is 3.04. The lowest BCUT2D eigenvalue weighted by atomic mass is 9.89. The molecule has 2 atom stereocenters. The van der Waals surface area contributed by atoms with Crippen LogP contribution in [-0.2, 0) is 4.79 Å². The van der Waals surface area contributed by atoms with Gasteiger partial charge in [0.15, 0.2) is 11.5 Å². The summed E-state index contributed by atoms with van der Waals surface area (Å²) < 4.78 is 12.0. The molecule has 0 radical (unpaired) electrons. The monoisotopic (exact) mass is 355 g/mol. The van der Waals surface area contributed by atoms with E-state index in [0.717, 1.165) is 27.1 Å². The highest BCUT2D eigenvalue weighted by molar-refractivity contribution is 9.10. The zero-order valence-corrected chi connectivity index (χ0v) is 13.6. The number of hydrogen-bond acceptors (Lipinski definition) is 4. The van der Waals surface area contributed by atoms with E-state index in [-0.39, 0.29) is 24.7 Å². The summed E-state index contributed by atoms with van der Waals surface area (Å²) in [4.78, 5) is 11.2. The normalized spacial score (nSPS) is 23.8. The van der Waals surface area contributed by atoms with Gasteiger partial charge >= 0.3 is 5.97 Å². The summed E-state index contributed by atoms with van der Waals surface area (Å²) in [6.45, 7) is 4.95. The number of aliphatic carboxylic acids is 1. The van der Waals surface area contributed by atoms with Crippen molar-refractivity contribution in [2.45, 2.75) is 32.2 Å². The summed E-state index contributed by atoms with van der Waals surface area (Å²) in [5.41, 5.74) is 2.21. The molecule has 0 amide bonds. The first-order valence-electron chi connectivity index (χ1n) is 7.07. The van der Waals surface area contributed by atoms with Gasteiger partial charge in [0.05, 0.1) is 10.4 Å². The zero-order valence-electron chi connectivity index (χ0n) is 12.0. The van der Waals surface area contributed by atoms with E-state index < -0.39 is 5.97 Å². The number of carboxylic acid groups (broad SMARTS) is 1. The van der Waals surface area contributed by atoms with Gasteiger partial charge in [-0.1, -0.05) is 13.8 Å². The van der Waals surface area contributed by atoms with E-state index in [9.17, 15) is 9.90 Å². The first-order chi connectivity index (χ1) is 9.99. The van der Waals surface area contributed by atoms with E-state index in [0.29, 0.717) is 13.0 Å². The number of ether oxygens (including phenoxy) is 2. The van der Waals surface area contributed by atoms with Crippen LogP contribution in [0, 0.1) is 5.92 Å². The Morgan fingerprint density at radius 1 is 1.43 bits per heavy atom. The molecule has 0 spiro atoms. The Morgan fingerprint density at radius 2 is 2.14 bits per heavy atom. The van der Waals surface area contributed by atoms with Crippen molar-refractivity contribution in [2.24, 2.45) is 5.92 Å². The summed E-state index contributed by atoms with van der Waals surface area (Å²) in [6, 6.07) is 2.07. The van der Waals surface area contributed by atoms with Crippen molar-refractivity contribution in [1.82, 2.24) is 5.32 Å². The number of nitrogens with one attached hydrogen (secondary N) is 1. The van der Waals surface area contributed by atoms with Crippen molar-refractivity contribution >= 4 is 21.9 Å². The minimum absolute atomic E-state index is 0.0364. The molecule has 2 heterocycles. The van der Waals surface area contributed by atoms with Gasteiger partial charge in [-0.2, -0.15) is 0 Å². The predicted molar refractivity (Wildman–Crippen MR) is 80.8 cm³/mol. The van der Waals surface area contributed by atoms with Crippen LogP contribution in [0.15, 0.2) is 10.5 Å². The topological polar surface area (TPSA) is 67.8 Å². The lowest BCUT2D eigenvalue weighted by Crippen LogP contribution is -2.18. The van der Waals surface area contributed by atoms with Crippen LogP contribution in [0.25, 0.3) is 0 Å². The molecule has 1 aromatic carbocycles. The summed E-state index contributed by atoms with van der Waals surface area (Å²) in [5, 5.41) is 12.5. The largest absolute Gasteiger partial charge is 0.481 e. The Morgan fingerprint density at radius 3 is 2.76 bits per heavy atom. The van der Waals surface area contributed by atoms with Crippen molar-refractivity contribution < 1.29 is 19.4 Å². The highest BCUT2D eigenvalue weighted by atomic mass is 79.9. The van der Waals surface area contributed by atoms with Crippen LogP contribution in [0.3, 0.4) is 0 Å². The lowest BCUT2D eigenvalue weighted by Gasteiger charge is -2.21. The third-order valence-corrected chi connectivity index (χ3v) is 4.69. The van der Waals surface area contributed by atoms with Gasteiger partial charge in [0.25, 0.3) is 0 Å². The molecule has 0 bridgehead atoms. The van der Waals surface area contributed by atoms with Crippen LogP contribution < -0.4 is 14.8 Å². The van der Waals surface area contributed by atoms with Gasteiger partial charge in [-0.3, -0.25) is 4.79 Å². The third kappa shape index (κ3) is 2.51. The van der Waals surface area contributed by atoms with E-state index in [2.05, 4.69) is 35.1 Å². The number of carboxylic acids is 1. The highest BCUT2D eigenvalue weighted by Crippen LogP contribution is 2.48.